The lowest BCUT2D eigenvalue weighted by Gasteiger charge is -2.17. The van der Waals surface area contributed by atoms with E-state index in [9.17, 15) is 18.0 Å². The maximum Gasteiger partial charge on any atom is 0.272 e. The number of ether oxygens (including phenoxy) is 1. The first-order valence-corrected chi connectivity index (χ1v) is 9.20. The van der Waals surface area contributed by atoms with Crippen molar-refractivity contribution in [2.45, 2.75) is 6.42 Å². The Balaban J connectivity index is 1.74. The van der Waals surface area contributed by atoms with Gasteiger partial charge < -0.3 is 15.0 Å². The van der Waals surface area contributed by atoms with Gasteiger partial charge >= 0.3 is 0 Å². The molecule has 0 radical (unpaired) electrons. The van der Waals surface area contributed by atoms with Crippen LogP contribution in [0.2, 0.25) is 0 Å². The number of anilines is 2. The Bertz CT molecular complexity index is 950. The van der Waals surface area contributed by atoms with Crippen molar-refractivity contribution in [2.75, 3.05) is 29.0 Å². The van der Waals surface area contributed by atoms with Crippen LogP contribution in [0.25, 0.3) is 0 Å². The van der Waals surface area contributed by atoms with E-state index in [1.807, 2.05) is 0 Å². The number of rotatable bonds is 4. The van der Waals surface area contributed by atoms with E-state index in [0.717, 1.165) is 6.07 Å². The maximum atomic E-state index is 12.2. The van der Waals surface area contributed by atoms with Crippen molar-refractivity contribution in [3.05, 3.63) is 52.4 Å². The number of aromatic amines is 1. The van der Waals surface area contributed by atoms with Gasteiger partial charge in [0.05, 0.1) is 18.6 Å². The third-order valence-corrected chi connectivity index (χ3v) is 5.72. The number of methoxy groups -OCH3 is 1. The second-order valence-corrected chi connectivity index (χ2v) is 7.53. The van der Waals surface area contributed by atoms with Gasteiger partial charge in [0.25, 0.3) is 5.91 Å². The second kappa shape index (κ2) is 6.60. The summed E-state index contributed by atoms with van der Waals surface area (Å²) in [5, 5.41) is 2.64. The van der Waals surface area contributed by atoms with E-state index in [1.54, 1.807) is 24.3 Å². The van der Waals surface area contributed by atoms with E-state index in [4.69, 9.17) is 4.74 Å². The Morgan fingerprint density at radius 1 is 1.28 bits per heavy atom. The number of carbonyl (C=O) groups excluding carboxylic acids is 1. The molecule has 0 unspecified atom stereocenters. The summed E-state index contributed by atoms with van der Waals surface area (Å²) in [6.07, 6.45) is 1.92. The number of nitrogens with one attached hydrogen (secondary N) is 2. The van der Waals surface area contributed by atoms with Gasteiger partial charge in [-0.15, -0.1) is 0 Å². The Morgan fingerprint density at radius 3 is 2.56 bits per heavy atom. The van der Waals surface area contributed by atoms with Crippen LogP contribution in [0.1, 0.15) is 16.9 Å². The van der Waals surface area contributed by atoms with Crippen molar-refractivity contribution >= 4 is 27.3 Å². The molecule has 0 saturated carbocycles. The predicted molar refractivity (Wildman–Crippen MR) is 93.8 cm³/mol. The molecule has 9 heteroatoms. The van der Waals surface area contributed by atoms with Crippen molar-refractivity contribution in [1.82, 2.24) is 4.98 Å². The summed E-state index contributed by atoms with van der Waals surface area (Å²) in [5.41, 5.74) is 0.744. The summed E-state index contributed by atoms with van der Waals surface area (Å²) in [6.45, 7) is 0.459. The molecule has 1 aliphatic rings. The lowest BCUT2D eigenvalue weighted by molar-refractivity contribution is 0.102. The van der Waals surface area contributed by atoms with Gasteiger partial charge in [0.2, 0.25) is 15.5 Å². The zero-order valence-electron chi connectivity index (χ0n) is 13.5. The number of hydrogen-bond donors (Lipinski definition) is 2. The highest BCUT2D eigenvalue weighted by Crippen LogP contribution is 2.25. The van der Waals surface area contributed by atoms with Gasteiger partial charge in [0, 0.05) is 24.5 Å². The highest BCUT2D eigenvalue weighted by atomic mass is 32.2. The topological polar surface area (TPSA) is 109 Å². The average molecular weight is 363 g/mol. The van der Waals surface area contributed by atoms with Crippen LogP contribution >= 0.6 is 0 Å². The van der Waals surface area contributed by atoms with Crippen LogP contribution in [0.4, 0.5) is 11.4 Å². The van der Waals surface area contributed by atoms with E-state index in [2.05, 4.69) is 10.3 Å². The smallest absolute Gasteiger partial charge is 0.272 e. The quantitative estimate of drug-likeness (QED) is 0.848. The Hall–Kier alpha value is -2.81. The van der Waals surface area contributed by atoms with Crippen LogP contribution in [0, 0.1) is 0 Å². The fourth-order valence-corrected chi connectivity index (χ4v) is 4.15. The minimum absolute atomic E-state index is 0.0944. The number of benzene rings is 1. The molecule has 132 valence electrons. The van der Waals surface area contributed by atoms with E-state index < -0.39 is 21.4 Å². The molecule has 0 atom stereocenters. The summed E-state index contributed by atoms with van der Waals surface area (Å²) in [5.74, 6) is -0.218. The lowest BCUT2D eigenvalue weighted by atomic mass is 10.2. The maximum absolute atomic E-state index is 12.2. The molecule has 3 rings (SSSR count). The standard InChI is InChI=1S/C16H17N3O5S/c1-24-15-10-17-13(9-14(15)20)16(21)18-11-3-5-12(6-4-11)19-7-2-8-25(19,22)23/h3-6,9-10H,2,7-8H2,1H3,(H,17,20)(H,18,21). The number of aromatic nitrogens is 1. The van der Waals surface area contributed by atoms with Crippen LogP contribution in [-0.4, -0.2) is 38.7 Å². The molecular weight excluding hydrogens is 346 g/mol. The van der Waals surface area contributed by atoms with Crippen LogP contribution < -0.4 is 19.8 Å². The fourth-order valence-electron chi connectivity index (χ4n) is 2.59. The van der Waals surface area contributed by atoms with Crippen LogP contribution in [0.3, 0.4) is 0 Å². The zero-order chi connectivity index (χ0) is 18.0. The molecule has 1 amide bonds. The third-order valence-electron chi connectivity index (χ3n) is 3.85. The van der Waals surface area contributed by atoms with Gasteiger partial charge in [-0.3, -0.25) is 13.9 Å². The molecule has 0 bridgehead atoms. The first-order chi connectivity index (χ1) is 11.9. The van der Waals surface area contributed by atoms with Crippen LogP contribution in [0.15, 0.2) is 41.3 Å². The van der Waals surface area contributed by atoms with Gasteiger partial charge in [-0.25, -0.2) is 8.42 Å². The van der Waals surface area contributed by atoms with Crippen molar-refractivity contribution in [3.8, 4) is 5.75 Å². The number of amides is 1. The number of nitrogens with zero attached hydrogens (tertiary/aromatic N) is 1. The fraction of sp³-hybridized carbons (Fsp3) is 0.250. The number of carbonyl (C=O) groups is 1. The molecule has 2 aromatic rings. The molecule has 8 nitrogen and oxygen atoms in total. The van der Waals surface area contributed by atoms with Crippen molar-refractivity contribution in [1.29, 1.82) is 0 Å². The van der Waals surface area contributed by atoms with E-state index in [-0.39, 0.29) is 17.2 Å². The van der Waals surface area contributed by atoms with Crippen molar-refractivity contribution < 1.29 is 17.9 Å². The summed E-state index contributed by atoms with van der Waals surface area (Å²) < 4.78 is 30.0. The molecule has 25 heavy (non-hydrogen) atoms. The highest BCUT2D eigenvalue weighted by Gasteiger charge is 2.28. The molecule has 1 aromatic carbocycles. The molecule has 1 saturated heterocycles. The predicted octanol–water partition coefficient (Wildman–Crippen LogP) is 1.18. The summed E-state index contributed by atoms with van der Waals surface area (Å²) in [7, 11) is -1.87. The van der Waals surface area contributed by atoms with E-state index >= 15 is 0 Å². The van der Waals surface area contributed by atoms with Gasteiger partial charge in [-0.1, -0.05) is 0 Å². The van der Waals surface area contributed by atoms with Crippen molar-refractivity contribution in [3.63, 3.8) is 0 Å². The van der Waals surface area contributed by atoms with Crippen molar-refractivity contribution in [2.24, 2.45) is 0 Å². The molecule has 1 fully saturated rings. The minimum atomic E-state index is -3.24. The monoisotopic (exact) mass is 363 g/mol. The SMILES string of the molecule is COc1c[nH]c(C(=O)Nc2ccc(N3CCCS3(=O)=O)cc2)cc1=O. The molecule has 1 aliphatic heterocycles. The number of H-pyrrole nitrogens is 1. The average Bonchev–Trinajstić information content (AvgIpc) is 2.94. The number of sulfonamides is 1. The van der Waals surface area contributed by atoms with Gasteiger partial charge in [0.15, 0.2) is 5.75 Å². The van der Waals surface area contributed by atoms with Crippen LogP contribution in [-0.2, 0) is 10.0 Å². The Kier molecular flexibility index (Phi) is 4.49. The van der Waals surface area contributed by atoms with Gasteiger partial charge in [0.1, 0.15) is 5.69 Å². The summed E-state index contributed by atoms with van der Waals surface area (Å²) in [4.78, 5) is 26.6. The van der Waals surface area contributed by atoms with Gasteiger partial charge in [-0.2, -0.15) is 0 Å². The molecule has 1 aromatic heterocycles. The molecule has 0 aliphatic carbocycles. The normalized spacial score (nSPS) is 15.8. The first-order valence-electron chi connectivity index (χ1n) is 7.59. The van der Waals surface area contributed by atoms with Gasteiger partial charge in [-0.05, 0) is 30.7 Å². The molecule has 2 N–H and O–H groups in total. The molecule has 2 heterocycles. The number of hydrogen-bond acceptors (Lipinski definition) is 5. The lowest BCUT2D eigenvalue weighted by Crippen LogP contribution is -2.25. The summed E-state index contributed by atoms with van der Waals surface area (Å²) >= 11 is 0. The second-order valence-electron chi connectivity index (χ2n) is 5.52. The Morgan fingerprint density at radius 2 is 2.00 bits per heavy atom. The summed E-state index contributed by atoms with van der Waals surface area (Å²) in [6, 6.07) is 7.65. The zero-order valence-corrected chi connectivity index (χ0v) is 14.3. The molecule has 0 spiro atoms. The minimum Gasteiger partial charge on any atom is -0.491 e. The van der Waals surface area contributed by atoms with E-state index in [1.165, 1.54) is 17.6 Å². The highest BCUT2D eigenvalue weighted by molar-refractivity contribution is 7.93. The number of pyridine rings is 1. The first kappa shape index (κ1) is 17.0. The van der Waals surface area contributed by atoms with Crippen LogP contribution in [0.5, 0.6) is 5.75 Å². The molecular formula is C16H17N3O5S. The van der Waals surface area contributed by atoms with E-state index in [0.29, 0.717) is 24.3 Å². The largest absolute Gasteiger partial charge is 0.491 e. The third kappa shape index (κ3) is 3.50. The Labute approximate surface area is 144 Å².